The topological polar surface area (TPSA) is 24.5 Å². The van der Waals surface area contributed by atoms with Crippen LogP contribution in [0.3, 0.4) is 0 Å². The third kappa shape index (κ3) is 4.91. The number of benzene rings is 2. The Kier molecular flexibility index (Phi) is 6.12. The predicted molar refractivity (Wildman–Crippen MR) is 98.6 cm³/mol. The van der Waals surface area contributed by atoms with Crippen molar-refractivity contribution in [3.05, 3.63) is 63.1 Å². The largest absolute Gasteiger partial charge is 0.573 e. The fourth-order valence-corrected chi connectivity index (χ4v) is 3.75. The molecule has 26 heavy (non-hydrogen) atoms. The van der Waals surface area contributed by atoms with Crippen LogP contribution in [0.25, 0.3) is 0 Å². The van der Waals surface area contributed by atoms with Crippen molar-refractivity contribution in [3.8, 4) is 5.75 Å². The fraction of sp³-hybridized carbons (Fsp3) is 0.333. The van der Waals surface area contributed by atoms with Gasteiger partial charge in [0.1, 0.15) is 5.75 Å². The maximum absolute atomic E-state index is 12.4. The van der Waals surface area contributed by atoms with Gasteiger partial charge in [0.05, 0.1) is 6.04 Å². The smallest absolute Gasteiger partial charge is 0.406 e. The van der Waals surface area contributed by atoms with E-state index in [0.29, 0.717) is 5.02 Å². The molecule has 2 aromatic rings. The van der Waals surface area contributed by atoms with Gasteiger partial charge < -0.3 is 10.1 Å². The van der Waals surface area contributed by atoms with E-state index in [1.165, 1.54) is 12.1 Å². The molecule has 1 heterocycles. The lowest BCUT2D eigenvalue weighted by atomic mass is 9.96. The van der Waals surface area contributed by atoms with Gasteiger partial charge in [-0.1, -0.05) is 39.7 Å². The zero-order valence-electron chi connectivity index (χ0n) is 13.7. The SMILES string of the molecule is FC(F)(F)Oc1ccc([C@@H](c2cc(Cl)ccc2Br)N2CCNCC2)cc1. The summed E-state index contributed by atoms with van der Waals surface area (Å²) in [4.78, 5) is 2.28. The summed E-state index contributed by atoms with van der Waals surface area (Å²) in [5.41, 5.74) is 1.85. The van der Waals surface area contributed by atoms with Crippen molar-refractivity contribution in [1.29, 1.82) is 0 Å². The summed E-state index contributed by atoms with van der Waals surface area (Å²) in [6.07, 6.45) is -4.70. The molecule has 0 unspecified atom stereocenters. The highest BCUT2D eigenvalue weighted by atomic mass is 79.9. The zero-order chi connectivity index (χ0) is 18.7. The van der Waals surface area contributed by atoms with E-state index in [-0.39, 0.29) is 11.8 Å². The molecule has 1 fully saturated rings. The number of piperazine rings is 1. The Bertz CT molecular complexity index is 749. The average molecular weight is 450 g/mol. The van der Waals surface area contributed by atoms with Gasteiger partial charge >= 0.3 is 6.36 Å². The van der Waals surface area contributed by atoms with Gasteiger partial charge in [-0.3, -0.25) is 4.90 Å². The van der Waals surface area contributed by atoms with Gasteiger partial charge in [-0.2, -0.15) is 0 Å². The minimum atomic E-state index is -4.70. The van der Waals surface area contributed by atoms with Gasteiger partial charge in [0.25, 0.3) is 0 Å². The summed E-state index contributed by atoms with van der Waals surface area (Å²) in [7, 11) is 0. The van der Waals surface area contributed by atoms with Gasteiger partial charge in [-0.25, -0.2) is 0 Å². The van der Waals surface area contributed by atoms with E-state index in [4.69, 9.17) is 11.6 Å². The third-order valence-electron chi connectivity index (χ3n) is 4.20. The van der Waals surface area contributed by atoms with Crippen LogP contribution >= 0.6 is 27.5 Å². The molecule has 1 N–H and O–H groups in total. The van der Waals surface area contributed by atoms with Gasteiger partial charge in [0.2, 0.25) is 0 Å². The molecule has 0 bridgehead atoms. The Morgan fingerprint density at radius 1 is 1.08 bits per heavy atom. The van der Waals surface area contributed by atoms with Crippen LogP contribution in [-0.2, 0) is 0 Å². The van der Waals surface area contributed by atoms with Crippen LogP contribution in [-0.4, -0.2) is 37.4 Å². The van der Waals surface area contributed by atoms with E-state index in [9.17, 15) is 13.2 Å². The molecule has 3 rings (SSSR count). The summed E-state index contributed by atoms with van der Waals surface area (Å²) >= 11 is 9.76. The van der Waals surface area contributed by atoms with Gasteiger partial charge in [-0.05, 0) is 41.5 Å². The molecular formula is C18H17BrClF3N2O. The summed E-state index contributed by atoms with van der Waals surface area (Å²) in [5, 5.41) is 3.92. The highest BCUT2D eigenvalue weighted by Crippen LogP contribution is 2.36. The Labute approximate surface area is 163 Å². The van der Waals surface area contributed by atoms with E-state index in [1.54, 1.807) is 18.2 Å². The van der Waals surface area contributed by atoms with Crippen molar-refractivity contribution in [2.75, 3.05) is 26.2 Å². The van der Waals surface area contributed by atoms with Crippen molar-refractivity contribution in [2.45, 2.75) is 12.4 Å². The summed E-state index contributed by atoms with van der Waals surface area (Å²) in [6.45, 7) is 3.35. The van der Waals surface area contributed by atoms with Crippen molar-refractivity contribution in [2.24, 2.45) is 0 Å². The second-order valence-electron chi connectivity index (χ2n) is 5.97. The van der Waals surface area contributed by atoms with Crippen LogP contribution in [0.15, 0.2) is 46.9 Å². The van der Waals surface area contributed by atoms with Crippen LogP contribution in [0.2, 0.25) is 5.02 Å². The number of halogens is 5. The van der Waals surface area contributed by atoms with Crippen LogP contribution in [0.4, 0.5) is 13.2 Å². The van der Waals surface area contributed by atoms with E-state index in [1.807, 2.05) is 12.1 Å². The number of alkyl halides is 3. The number of hydrogen-bond donors (Lipinski definition) is 1. The number of nitrogens with one attached hydrogen (secondary N) is 1. The van der Waals surface area contributed by atoms with Gasteiger partial charge in [0, 0.05) is 35.7 Å². The fourth-order valence-electron chi connectivity index (χ4n) is 3.10. The lowest BCUT2D eigenvalue weighted by Gasteiger charge is -2.36. The second kappa shape index (κ2) is 8.17. The first kappa shape index (κ1) is 19.5. The zero-order valence-corrected chi connectivity index (χ0v) is 16.0. The van der Waals surface area contributed by atoms with E-state index >= 15 is 0 Å². The van der Waals surface area contributed by atoms with E-state index < -0.39 is 6.36 Å². The number of rotatable bonds is 4. The highest BCUT2D eigenvalue weighted by Gasteiger charge is 2.31. The molecule has 1 aliphatic rings. The van der Waals surface area contributed by atoms with Crippen LogP contribution in [0.1, 0.15) is 17.2 Å². The number of hydrogen-bond acceptors (Lipinski definition) is 3. The van der Waals surface area contributed by atoms with E-state index in [0.717, 1.165) is 41.8 Å². The minimum Gasteiger partial charge on any atom is -0.406 e. The Balaban J connectivity index is 1.96. The molecule has 3 nitrogen and oxygen atoms in total. The second-order valence-corrected chi connectivity index (χ2v) is 7.26. The van der Waals surface area contributed by atoms with Crippen LogP contribution in [0, 0.1) is 0 Å². The van der Waals surface area contributed by atoms with Crippen LogP contribution in [0.5, 0.6) is 5.75 Å². The first-order chi connectivity index (χ1) is 12.3. The Hall–Kier alpha value is -1.28. The maximum Gasteiger partial charge on any atom is 0.573 e. The van der Waals surface area contributed by atoms with Crippen molar-refractivity contribution < 1.29 is 17.9 Å². The van der Waals surface area contributed by atoms with Crippen molar-refractivity contribution in [1.82, 2.24) is 10.2 Å². The first-order valence-corrected chi connectivity index (χ1v) is 9.26. The minimum absolute atomic E-state index is 0.120. The summed E-state index contributed by atoms with van der Waals surface area (Å²) in [6, 6.07) is 11.5. The molecule has 1 saturated heterocycles. The quantitative estimate of drug-likeness (QED) is 0.711. The molecule has 0 radical (unpaired) electrons. The normalized spacial score (nSPS) is 17.1. The monoisotopic (exact) mass is 448 g/mol. The standard InChI is InChI=1S/C18H17BrClF3N2O/c19-16-6-3-13(20)11-15(16)17(25-9-7-24-8-10-25)12-1-4-14(5-2-12)26-18(21,22)23/h1-6,11,17,24H,7-10H2/t17-/m0/s1. The maximum atomic E-state index is 12.4. The number of ether oxygens (including phenoxy) is 1. The van der Waals surface area contributed by atoms with Crippen molar-refractivity contribution in [3.63, 3.8) is 0 Å². The average Bonchev–Trinajstić information content (AvgIpc) is 2.59. The molecule has 0 saturated carbocycles. The molecule has 140 valence electrons. The first-order valence-electron chi connectivity index (χ1n) is 8.09. The Morgan fingerprint density at radius 2 is 1.73 bits per heavy atom. The molecular weight excluding hydrogens is 433 g/mol. The molecule has 2 aromatic carbocycles. The molecule has 1 atom stereocenters. The Morgan fingerprint density at radius 3 is 2.35 bits per heavy atom. The predicted octanol–water partition coefficient (Wildman–Crippen LogP) is 5.00. The summed E-state index contributed by atoms with van der Waals surface area (Å²) < 4.78 is 42.1. The molecule has 0 aromatic heterocycles. The molecule has 0 amide bonds. The molecule has 1 aliphatic heterocycles. The van der Waals surface area contributed by atoms with Gasteiger partial charge in [0.15, 0.2) is 0 Å². The highest BCUT2D eigenvalue weighted by molar-refractivity contribution is 9.10. The third-order valence-corrected chi connectivity index (χ3v) is 5.16. The lowest BCUT2D eigenvalue weighted by Crippen LogP contribution is -2.45. The molecule has 8 heteroatoms. The molecule has 0 spiro atoms. The number of nitrogens with zero attached hydrogens (tertiary/aromatic N) is 1. The van der Waals surface area contributed by atoms with Crippen LogP contribution < -0.4 is 10.1 Å². The van der Waals surface area contributed by atoms with E-state index in [2.05, 4.69) is 30.9 Å². The van der Waals surface area contributed by atoms with Crippen molar-refractivity contribution >= 4 is 27.5 Å². The summed E-state index contributed by atoms with van der Waals surface area (Å²) in [5.74, 6) is -0.231. The molecule has 0 aliphatic carbocycles. The van der Waals surface area contributed by atoms with Gasteiger partial charge in [-0.15, -0.1) is 13.2 Å². The lowest BCUT2D eigenvalue weighted by molar-refractivity contribution is -0.274.